The van der Waals surface area contributed by atoms with E-state index in [2.05, 4.69) is 15.0 Å². The molecule has 1 saturated heterocycles. The maximum atomic E-state index is 11.3. The second kappa shape index (κ2) is 7.76. The third kappa shape index (κ3) is 4.11. The number of nitrogens with two attached hydrogens (primary N) is 1. The number of rotatable bonds is 7. The fourth-order valence-corrected chi connectivity index (χ4v) is 3.72. The Morgan fingerprint density at radius 3 is 2.74 bits per heavy atom. The number of imidazole rings is 1. The molecule has 150 valence electrons. The number of aliphatic hydroxyl groups is 2. The quantitative estimate of drug-likeness (QED) is 0.382. The number of ether oxygens (including phenoxy) is 1. The maximum Gasteiger partial charge on any atom is 0.469 e. The predicted octanol–water partition coefficient (Wildman–Crippen LogP) is -0.304. The molecule has 1 fully saturated rings. The van der Waals surface area contributed by atoms with Gasteiger partial charge in [-0.05, 0) is 6.42 Å². The molecule has 2 aromatic rings. The van der Waals surface area contributed by atoms with Crippen molar-refractivity contribution < 1.29 is 33.8 Å². The van der Waals surface area contributed by atoms with E-state index in [4.69, 9.17) is 24.8 Å². The summed E-state index contributed by atoms with van der Waals surface area (Å²) in [5, 5.41) is 20.9. The summed E-state index contributed by atoms with van der Waals surface area (Å²) < 4.78 is 23.2. The summed E-state index contributed by atoms with van der Waals surface area (Å²) >= 11 is 0. The first-order valence-corrected chi connectivity index (χ1v) is 9.94. The lowest BCUT2D eigenvalue weighted by Gasteiger charge is -2.25. The Bertz CT molecular complexity index is 842. The SMILES string of the molecule is CCCCC(OP(=O)(O)O)[C@H]1O[C@@H](n2cnc3c(N)ncnc32)[C@H](O)[C@@H]1O. The molecule has 0 radical (unpaired) electrons. The van der Waals surface area contributed by atoms with Crippen molar-refractivity contribution in [1.82, 2.24) is 19.5 Å². The van der Waals surface area contributed by atoms with Crippen molar-refractivity contribution in [2.45, 2.75) is 56.8 Å². The zero-order chi connectivity index (χ0) is 19.8. The summed E-state index contributed by atoms with van der Waals surface area (Å²) in [7, 11) is -4.82. The highest BCUT2D eigenvalue weighted by atomic mass is 31.2. The van der Waals surface area contributed by atoms with E-state index in [1.807, 2.05) is 6.92 Å². The average molecular weight is 403 g/mol. The Balaban J connectivity index is 1.89. The number of aliphatic hydroxyl groups excluding tert-OH is 2. The molecule has 0 bridgehead atoms. The predicted molar refractivity (Wildman–Crippen MR) is 92.1 cm³/mol. The van der Waals surface area contributed by atoms with Gasteiger partial charge in [0.1, 0.15) is 30.2 Å². The Kier molecular flexibility index (Phi) is 5.77. The molecule has 5 atom stereocenters. The fourth-order valence-electron chi connectivity index (χ4n) is 3.14. The van der Waals surface area contributed by atoms with Gasteiger partial charge < -0.3 is 30.5 Å². The number of nitrogens with zero attached hydrogens (tertiary/aromatic N) is 4. The van der Waals surface area contributed by atoms with Crippen molar-refractivity contribution in [2.24, 2.45) is 0 Å². The second-order valence-electron chi connectivity index (χ2n) is 6.33. The van der Waals surface area contributed by atoms with Crippen LogP contribution in [0.3, 0.4) is 0 Å². The number of nitrogen functional groups attached to an aromatic ring is 1. The molecule has 3 heterocycles. The van der Waals surface area contributed by atoms with Gasteiger partial charge in [0, 0.05) is 0 Å². The van der Waals surface area contributed by atoms with Crippen molar-refractivity contribution in [1.29, 1.82) is 0 Å². The van der Waals surface area contributed by atoms with E-state index in [9.17, 15) is 14.8 Å². The number of anilines is 1. The van der Waals surface area contributed by atoms with Crippen molar-refractivity contribution in [2.75, 3.05) is 5.73 Å². The molecule has 0 saturated carbocycles. The van der Waals surface area contributed by atoms with Crippen LogP contribution >= 0.6 is 7.82 Å². The number of unbranched alkanes of at least 4 members (excludes halogenated alkanes) is 1. The summed E-state index contributed by atoms with van der Waals surface area (Å²) in [6, 6.07) is 0. The third-order valence-electron chi connectivity index (χ3n) is 4.42. The number of hydrogen-bond acceptors (Lipinski definition) is 9. The van der Waals surface area contributed by atoms with Gasteiger partial charge in [0.15, 0.2) is 17.7 Å². The molecule has 1 aliphatic rings. The topological polar surface area (TPSA) is 186 Å². The number of phosphoric ester groups is 1. The fraction of sp³-hybridized carbons (Fsp3) is 0.643. The molecular formula is C14H22N5O7P. The van der Waals surface area contributed by atoms with Crippen molar-refractivity contribution in [3.8, 4) is 0 Å². The zero-order valence-electron chi connectivity index (χ0n) is 14.5. The van der Waals surface area contributed by atoms with E-state index < -0.39 is 38.5 Å². The van der Waals surface area contributed by atoms with Gasteiger partial charge in [0.2, 0.25) is 0 Å². The largest absolute Gasteiger partial charge is 0.469 e. The Hall–Kier alpha value is -1.66. The standard InChI is InChI=1S/C14H22N5O7P/c1-2-3-4-7(26-27(22,23)24)11-9(20)10(21)14(25-11)19-6-18-8-12(15)16-5-17-13(8)19/h5-7,9-11,14,20-21H,2-4H2,1H3,(H2,15,16,17)(H2,22,23,24)/t7?,9-,10+,11+,14+/m0/s1. The monoisotopic (exact) mass is 403 g/mol. The van der Waals surface area contributed by atoms with Crippen LogP contribution in [0.15, 0.2) is 12.7 Å². The Morgan fingerprint density at radius 1 is 1.33 bits per heavy atom. The van der Waals surface area contributed by atoms with E-state index in [1.165, 1.54) is 17.2 Å². The third-order valence-corrected chi connectivity index (χ3v) is 4.96. The van der Waals surface area contributed by atoms with Crippen LogP contribution < -0.4 is 5.73 Å². The summed E-state index contributed by atoms with van der Waals surface area (Å²) in [4.78, 5) is 30.3. The van der Waals surface area contributed by atoms with Gasteiger partial charge in [-0.2, -0.15) is 0 Å². The van der Waals surface area contributed by atoms with Crippen LogP contribution in [0.25, 0.3) is 11.2 Å². The zero-order valence-corrected chi connectivity index (χ0v) is 15.4. The first-order valence-electron chi connectivity index (χ1n) is 8.41. The molecule has 0 spiro atoms. The summed E-state index contributed by atoms with van der Waals surface area (Å²) in [5.41, 5.74) is 6.34. The minimum absolute atomic E-state index is 0.147. The molecule has 3 rings (SSSR count). The van der Waals surface area contributed by atoms with E-state index in [1.54, 1.807) is 0 Å². The summed E-state index contributed by atoms with van der Waals surface area (Å²) in [6.07, 6.45) is -2.02. The number of aromatic nitrogens is 4. The molecule has 13 heteroatoms. The van der Waals surface area contributed by atoms with Gasteiger partial charge in [0.25, 0.3) is 0 Å². The molecular weight excluding hydrogens is 381 g/mol. The molecule has 12 nitrogen and oxygen atoms in total. The van der Waals surface area contributed by atoms with E-state index in [0.717, 1.165) is 6.42 Å². The lowest BCUT2D eigenvalue weighted by atomic mass is 10.0. The molecule has 0 aromatic carbocycles. The summed E-state index contributed by atoms with van der Waals surface area (Å²) in [5.74, 6) is 0.147. The van der Waals surface area contributed by atoms with Crippen LogP contribution in [0.1, 0.15) is 32.4 Å². The normalized spacial score (nSPS) is 27.3. The van der Waals surface area contributed by atoms with Gasteiger partial charge in [-0.3, -0.25) is 9.09 Å². The van der Waals surface area contributed by atoms with Crippen LogP contribution in [0, 0.1) is 0 Å². The highest BCUT2D eigenvalue weighted by Gasteiger charge is 2.49. The molecule has 0 amide bonds. The smallest absolute Gasteiger partial charge is 0.387 e. The first-order chi connectivity index (χ1) is 12.7. The van der Waals surface area contributed by atoms with Crippen LogP contribution in [-0.2, 0) is 13.8 Å². The van der Waals surface area contributed by atoms with Gasteiger partial charge in [0.05, 0.1) is 12.4 Å². The van der Waals surface area contributed by atoms with E-state index in [-0.39, 0.29) is 12.2 Å². The highest BCUT2D eigenvalue weighted by molar-refractivity contribution is 7.46. The number of hydrogen-bond donors (Lipinski definition) is 5. The van der Waals surface area contributed by atoms with Crippen LogP contribution in [0.5, 0.6) is 0 Å². The second-order valence-corrected chi connectivity index (χ2v) is 7.52. The molecule has 1 unspecified atom stereocenters. The van der Waals surface area contributed by atoms with Crippen LogP contribution in [-0.4, -0.2) is 63.9 Å². The van der Waals surface area contributed by atoms with Gasteiger partial charge in [-0.1, -0.05) is 19.8 Å². The Morgan fingerprint density at radius 2 is 2.07 bits per heavy atom. The minimum atomic E-state index is -4.82. The van der Waals surface area contributed by atoms with Crippen molar-refractivity contribution >= 4 is 24.8 Å². The molecule has 2 aromatic heterocycles. The maximum absolute atomic E-state index is 11.3. The minimum Gasteiger partial charge on any atom is -0.387 e. The van der Waals surface area contributed by atoms with Gasteiger partial charge in [-0.25, -0.2) is 19.5 Å². The molecule has 27 heavy (non-hydrogen) atoms. The van der Waals surface area contributed by atoms with Gasteiger partial charge in [-0.15, -0.1) is 0 Å². The van der Waals surface area contributed by atoms with E-state index in [0.29, 0.717) is 17.6 Å². The lowest BCUT2D eigenvalue weighted by Crippen LogP contribution is -2.39. The van der Waals surface area contributed by atoms with Gasteiger partial charge >= 0.3 is 7.82 Å². The molecule has 1 aliphatic heterocycles. The summed E-state index contributed by atoms with van der Waals surface area (Å²) in [6.45, 7) is 1.90. The number of fused-ring (bicyclic) bond motifs is 1. The highest BCUT2D eigenvalue weighted by Crippen LogP contribution is 2.43. The van der Waals surface area contributed by atoms with Crippen LogP contribution in [0.4, 0.5) is 5.82 Å². The van der Waals surface area contributed by atoms with Crippen molar-refractivity contribution in [3.05, 3.63) is 12.7 Å². The Labute approximate surface area is 154 Å². The van der Waals surface area contributed by atoms with E-state index >= 15 is 0 Å². The lowest BCUT2D eigenvalue weighted by molar-refractivity contribution is -0.0833. The number of phosphoric acid groups is 1. The van der Waals surface area contributed by atoms with Crippen LogP contribution in [0.2, 0.25) is 0 Å². The average Bonchev–Trinajstić information content (AvgIpc) is 3.14. The molecule has 6 N–H and O–H groups in total. The molecule has 0 aliphatic carbocycles. The van der Waals surface area contributed by atoms with Crippen molar-refractivity contribution in [3.63, 3.8) is 0 Å². The first kappa shape index (κ1) is 20.1.